The van der Waals surface area contributed by atoms with E-state index < -0.39 is 0 Å². The third kappa shape index (κ3) is 3.98. The zero-order chi connectivity index (χ0) is 15.4. The molecular formula is C16H25N3O2. The highest BCUT2D eigenvalue weighted by atomic mass is 16.5. The van der Waals surface area contributed by atoms with Crippen molar-refractivity contribution in [1.29, 1.82) is 5.26 Å². The van der Waals surface area contributed by atoms with Crippen molar-refractivity contribution >= 4 is 5.91 Å². The normalized spacial score (nSPS) is 31.0. The second-order valence-corrected chi connectivity index (χ2v) is 6.20. The summed E-state index contributed by atoms with van der Waals surface area (Å²) < 4.78 is 5.64. The zero-order valence-electron chi connectivity index (χ0n) is 13.2. The summed E-state index contributed by atoms with van der Waals surface area (Å²) in [5.41, 5.74) is 0.241. The van der Waals surface area contributed by atoms with Crippen LogP contribution >= 0.6 is 0 Å². The molecule has 0 aromatic rings. The Balaban J connectivity index is 2.09. The van der Waals surface area contributed by atoms with Gasteiger partial charge in [-0.25, -0.2) is 0 Å². The van der Waals surface area contributed by atoms with Crippen molar-refractivity contribution in [3.63, 3.8) is 0 Å². The van der Waals surface area contributed by atoms with E-state index in [4.69, 9.17) is 4.74 Å². The fourth-order valence-electron chi connectivity index (χ4n) is 3.12. The minimum atomic E-state index is -0.169. The molecule has 0 aromatic carbocycles. The SMILES string of the molecule is CC1CN(C(=O)/C(C#N)=C\N2CCCCC2C)CC(C)O1. The van der Waals surface area contributed by atoms with E-state index in [-0.39, 0.29) is 23.7 Å². The molecule has 2 heterocycles. The minimum absolute atomic E-state index is 0.0200. The summed E-state index contributed by atoms with van der Waals surface area (Å²) in [6, 6.07) is 2.48. The van der Waals surface area contributed by atoms with Gasteiger partial charge in [0.15, 0.2) is 0 Å². The Bertz CT molecular complexity index is 445. The van der Waals surface area contributed by atoms with Crippen LogP contribution in [0.25, 0.3) is 0 Å². The number of likely N-dealkylation sites (tertiary alicyclic amines) is 1. The van der Waals surface area contributed by atoms with Crippen LogP contribution < -0.4 is 0 Å². The van der Waals surface area contributed by atoms with Gasteiger partial charge in [-0.05, 0) is 40.0 Å². The van der Waals surface area contributed by atoms with E-state index in [0.29, 0.717) is 19.1 Å². The summed E-state index contributed by atoms with van der Waals surface area (Å²) >= 11 is 0. The van der Waals surface area contributed by atoms with E-state index in [1.54, 1.807) is 11.1 Å². The van der Waals surface area contributed by atoms with E-state index >= 15 is 0 Å². The molecule has 0 spiro atoms. The summed E-state index contributed by atoms with van der Waals surface area (Å²) in [7, 11) is 0. The van der Waals surface area contributed by atoms with E-state index in [0.717, 1.165) is 19.4 Å². The van der Waals surface area contributed by atoms with Crippen LogP contribution in [-0.2, 0) is 9.53 Å². The number of piperidine rings is 1. The van der Waals surface area contributed by atoms with E-state index in [2.05, 4.69) is 17.9 Å². The van der Waals surface area contributed by atoms with Crippen LogP contribution in [0.1, 0.15) is 40.0 Å². The molecule has 5 nitrogen and oxygen atoms in total. The van der Waals surface area contributed by atoms with Crippen LogP contribution in [0.15, 0.2) is 11.8 Å². The van der Waals surface area contributed by atoms with Crippen molar-refractivity contribution < 1.29 is 9.53 Å². The van der Waals surface area contributed by atoms with Crippen molar-refractivity contribution in [2.75, 3.05) is 19.6 Å². The highest BCUT2D eigenvalue weighted by molar-refractivity contribution is 5.97. The highest BCUT2D eigenvalue weighted by Crippen LogP contribution is 2.19. The average molecular weight is 291 g/mol. The monoisotopic (exact) mass is 291 g/mol. The molecule has 0 N–H and O–H groups in total. The molecular weight excluding hydrogens is 266 g/mol. The van der Waals surface area contributed by atoms with Gasteiger partial charge in [-0.15, -0.1) is 0 Å². The molecule has 21 heavy (non-hydrogen) atoms. The third-order valence-corrected chi connectivity index (χ3v) is 4.21. The molecule has 0 radical (unpaired) electrons. The first-order valence-corrected chi connectivity index (χ1v) is 7.83. The van der Waals surface area contributed by atoms with Gasteiger partial charge >= 0.3 is 0 Å². The number of hydrogen-bond acceptors (Lipinski definition) is 4. The summed E-state index contributed by atoms with van der Waals surface area (Å²) in [4.78, 5) is 16.4. The molecule has 3 atom stereocenters. The summed E-state index contributed by atoms with van der Waals surface area (Å²) in [5.74, 6) is -0.169. The number of carbonyl (C=O) groups excluding carboxylic acids is 1. The third-order valence-electron chi connectivity index (χ3n) is 4.21. The van der Waals surface area contributed by atoms with Crippen molar-refractivity contribution in [1.82, 2.24) is 9.80 Å². The molecule has 2 fully saturated rings. The van der Waals surface area contributed by atoms with Crippen LogP contribution in [-0.4, -0.2) is 53.6 Å². The Kier molecular flexibility index (Phi) is 5.24. The van der Waals surface area contributed by atoms with Crippen LogP contribution in [0, 0.1) is 11.3 Å². The number of morpholine rings is 1. The average Bonchev–Trinajstić information content (AvgIpc) is 2.44. The topological polar surface area (TPSA) is 56.6 Å². The highest BCUT2D eigenvalue weighted by Gasteiger charge is 2.28. The molecule has 116 valence electrons. The Morgan fingerprint density at radius 2 is 1.90 bits per heavy atom. The van der Waals surface area contributed by atoms with Crippen molar-refractivity contribution in [2.45, 2.75) is 58.3 Å². The molecule has 5 heteroatoms. The first kappa shape index (κ1) is 15.8. The van der Waals surface area contributed by atoms with E-state index in [9.17, 15) is 10.1 Å². The zero-order valence-corrected chi connectivity index (χ0v) is 13.2. The molecule has 3 unspecified atom stereocenters. The first-order chi connectivity index (χ1) is 10.0. The lowest BCUT2D eigenvalue weighted by atomic mass is 10.0. The van der Waals surface area contributed by atoms with E-state index in [1.165, 1.54) is 6.42 Å². The number of nitrogens with zero attached hydrogens (tertiary/aromatic N) is 3. The maximum atomic E-state index is 12.6. The lowest BCUT2D eigenvalue weighted by molar-refractivity contribution is -0.138. The molecule has 2 aliphatic heterocycles. The Labute approximate surface area is 127 Å². The summed E-state index contributed by atoms with van der Waals surface area (Å²) in [5, 5.41) is 9.35. The number of ether oxygens (including phenoxy) is 1. The maximum absolute atomic E-state index is 12.6. The van der Waals surface area contributed by atoms with Crippen LogP contribution in [0.3, 0.4) is 0 Å². The largest absolute Gasteiger partial charge is 0.373 e. The van der Waals surface area contributed by atoms with Crippen molar-refractivity contribution in [3.8, 4) is 6.07 Å². The fraction of sp³-hybridized carbons (Fsp3) is 0.750. The van der Waals surface area contributed by atoms with Gasteiger partial charge in [0.2, 0.25) is 0 Å². The van der Waals surface area contributed by atoms with Crippen LogP contribution in [0.2, 0.25) is 0 Å². The number of hydrogen-bond donors (Lipinski definition) is 0. The van der Waals surface area contributed by atoms with Gasteiger partial charge in [0.25, 0.3) is 5.91 Å². The Morgan fingerprint density at radius 1 is 1.24 bits per heavy atom. The lowest BCUT2D eigenvalue weighted by Crippen LogP contribution is -2.48. The second kappa shape index (κ2) is 6.95. The van der Waals surface area contributed by atoms with Gasteiger partial charge in [-0.1, -0.05) is 0 Å². The predicted molar refractivity (Wildman–Crippen MR) is 80.3 cm³/mol. The standard InChI is InChI=1S/C16H25N3O2/c1-12-6-4-5-7-18(12)11-15(8-17)16(20)19-9-13(2)21-14(3)10-19/h11-14H,4-7,9-10H2,1-3H3/b15-11-. The van der Waals surface area contributed by atoms with Gasteiger partial charge in [0, 0.05) is 31.9 Å². The first-order valence-electron chi connectivity index (χ1n) is 7.83. The summed E-state index contributed by atoms with van der Waals surface area (Å²) in [6.07, 6.45) is 5.27. The van der Waals surface area contributed by atoms with Gasteiger partial charge < -0.3 is 14.5 Å². The predicted octanol–water partition coefficient (Wildman–Crippen LogP) is 1.90. The second-order valence-electron chi connectivity index (χ2n) is 6.20. The van der Waals surface area contributed by atoms with Gasteiger partial charge in [-0.2, -0.15) is 5.26 Å². The van der Waals surface area contributed by atoms with Gasteiger partial charge in [-0.3, -0.25) is 4.79 Å². The number of rotatable bonds is 2. The molecule has 0 saturated carbocycles. The quantitative estimate of drug-likeness (QED) is 0.576. The molecule has 0 aliphatic carbocycles. The molecule has 0 aromatic heterocycles. The Morgan fingerprint density at radius 3 is 2.48 bits per heavy atom. The smallest absolute Gasteiger partial charge is 0.266 e. The van der Waals surface area contributed by atoms with Crippen molar-refractivity contribution in [2.24, 2.45) is 0 Å². The molecule has 2 saturated heterocycles. The summed E-state index contributed by atoms with van der Waals surface area (Å²) in [6.45, 7) is 8.09. The molecule has 2 aliphatic rings. The van der Waals surface area contributed by atoms with Crippen LogP contribution in [0.5, 0.6) is 0 Å². The number of amides is 1. The molecule has 1 amide bonds. The number of nitriles is 1. The van der Waals surface area contributed by atoms with Gasteiger partial charge in [0.05, 0.1) is 12.2 Å². The fourth-order valence-corrected chi connectivity index (χ4v) is 3.12. The van der Waals surface area contributed by atoms with E-state index in [1.807, 2.05) is 13.8 Å². The maximum Gasteiger partial charge on any atom is 0.266 e. The molecule has 2 rings (SSSR count). The van der Waals surface area contributed by atoms with Crippen molar-refractivity contribution in [3.05, 3.63) is 11.8 Å². The minimum Gasteiger partial charge on any atom is -0.373 e. The van der Waals surface area contributed by atoms with Crippen LogP contribution in [0.4, 0.5) is 0 Å². The Hall–Kier alpha value is -1.54. The number of carbonyl (C=O) groups is 1. The molecule has 0 bridgehead atoms. The van der Waals surface area contributed by atoms with Gasteiger partial charge in [0.1, 0.15) is 11.6 Å². The lowest BCUT2D eigenvalue weighted by Gasteiger charge is -2.36.